The SMILES string of the molecule is O=C(c1ccc(COc2ccc3ccccc3c2)o1)N1CCC(O)CC1. The molecular formula is C21H21NO4. The highest BCUT2D eigenvalue weighted by atomic mass is 16.5. The lowest BCUT2D eigenvalue weighted by molar-refractivity contribution is 0.0517. The van der Waals surface area contributed by atoms with Gasteiger partial charge in [0, 0.05) is 13.1 Å². The largest absolute Gasteiger partial charge is 0.486 e. The van der Waals surface area contributed by atoms with Crippen LogP contribution in [0.15, 0.2) is 59.0 Å². The molecular weight excluding hydrogens is 330 g/mol. The average Bonchev–Trinajstić information content (AvgIpc) is 3.15. The number of aliphatic hydroxyl groups is 1. The number of ether oxygens (including phenoxy) is 1. The van der Waals surface area contributed by atoms with E-state index in [1.807, 2.05) is 36.4 Å². The summed E-state index contributed by atoms with van der Waals surface area (Å²) in [5.74, 6) is 1.56. The van der Waals surface area contributed by atoms with Gasteiger partial charge < -0.3 is 19.2 Å². The van der Waals surface area contributed by atoms with Crippen molar-refractivity contribution in [1.82, 2.24) is 4.90 Å². The molecule has 0 saturated carbocycles. The van der Waals surface area contributed by atoms with E-state index < -0.39 is 0 Å². The van der Waals surface area contributed by atoms with Crippen molar-refractivity contribution < 1.29 is 19.1 Å². The second-order valence-electron chi connectivity index (χ2n) is 6.59. The standard InChI is InChI=1S/C21H21NO4/c23-17-9-11-22(12-10-17)21(24)20-8-7-19(26-20)14-25-18-6-5-15-3-1-2-4-16(15)13-18/h1-8,13,17,23H,9-12,14H2. The molecule has 134 valence electrons. The van der Waals surface area contributed by atoms with Crippen LogP contribution in [0, 0.1) is 0 Å². The number of carbonyl (C=O) groups excluding carboxylic acids is 1. The molecule has 1 saturated heterocycles. The van der Waals surface area contributed by atoms with Gasteiger partial charge in [-0.25, -0.2) is 0 Å². The van der Waals surface area contributed by atoms with Crippen molar-refractivity contribution in [2.45, 2.75) is 25.6 Å². The zero-order valence-corrected chi connectivity index (χ0v) is 14.4. The number of fused-ring (bicyclic) bond motifs is 1. The normalized spacial score (nSPS) is 15.3. The lowest BCUT2D eigenvalue weighted by atomic mass is 10.1. The number of likely N-dealkylation sites (tertiary alicyclic amines) is 1. The molecule has 5 heteroatoms. The highest BCUT2D eigenvalue weighted by Gasteiger charge is 2.24. The Morgan fingerprint density at radius 2 is 1.85 bits per heavy atom. The van der Waals surface area contributed by atoms with Gasteiger partial charge in [-0.1, -0.05) is 30.3 Å². The van der Waals surface area contributed by atoms with E-state index in [1.54, 1.807) is 17.0 Å². The van der Waals surface area contributed by atoms with Crippen LogP contribution in [0.25, 0.3) is 10.8 Å². The third kappa shape index (κ3) is 3.58. The number of benzene rings is 2. The molecule has 3 aromatic rings. The minimum Gasteiger partial charge on any atom is -0.486 e. The summed E-state index contributed by atoms with van der Waals surface area (Å²) in [6.07, 6.45) is 0.927. The molecule has 0 atom stereocenters. The first-order valence-electron chi connectivity index (χ1n) is 8.87. The number of nitrogens with zero attached hydrogens (tertiary/aromatic N) is 1. The van der Waals surface area contributed by atoms with Gasteiger partial charge in [0.1, 0.15) is 18.1 Å². The third-order valence-electron chi connectivity index (χ3n) is 4.73. The van der Waals surface area contributed by atoms with E-state index >= 15 is 0 Å². The average molecular weight is 351 g/mol. The maximum absolute atomic E-state index is 12.5. The molecule has 1 N–H and O–H groups in total. The lowest BCUT2D eigenvalue weighted by Gasteiger charge is -2.28. The van der Waals surface area contributed by atoms with E-state index in [9.17, 15) is 9.90 Å². The summed E-state index contributed by atoms with van der Waals surface area (Å²) in [6, 6.07) is 17.5. The molecule has 1 aliphatic rings. The Bertz CT molecular complexity index is 909. The van der Waals surface area contributed by atoms with Crippen molar-refractivity contribution in [3.05, 3.63) is 66.1 Å². The first-order chi connectivity index (χ1) is 12.7. The van der Waals surface area contributed by atoms with Crippen molar-refractivity contribution in [2.75, 3.05) is 13.1 Å². The van der Waals surface area contributed by atoms with Crippen molar-refractivity contribution in [3.8, 4) is 5.75 Å². The Balaban J connectivity index is 1.39. The highest BCUT2D eigenvalue weighted by molar-refractivity contribution is 5.91. The zero-order valence-electron chi connectivity index (χ0n) is 14.4. The molecule has 2 heterocycles. The Hall–Kier alpha value is -2.79. The number of carbonyl (C=O) groups is 1. The molecule has 0 aliphatic carbocycles. The van der Waals surface area contributed by atoms with Crippen molar-refractivity contribution in [1.29, 1.82) is 0 Å². The van der Waals surface area contributed by atoms with Gasteiger partial charge in [-0.05, 0) is 47.9 Å². The molecule has 0 bridgehead atoms. The Labute approximate surface area is 151 Å². The number of rotatable bonds is 4. The first kappa shape index (κ1) is 16.7. The molecule has 1 fully saturated rings. The summed E-state index contributed by atoms with van der Waals surface area (Å²) in [6.45, 7) is 1.39. The van der Waals surface area contributed by atoms with E-state index in [-0.39, 0.29) is 18.6 Å². The fraction of sp³-hybridized carbons (Fsp3) is 0.286. The number of hydrogen-bond acceptors (Lipinski definition) is 4. The van der Waals surface area contributed by atoms with Gasteiger partial charge in [0.05, 0.1) is 6.10 Å². The van der Waals surface area contributed by atoms with E-state index in [4.69, 9.17) is 9.15 Å². The summed E-state index contributed by atoms with van der Waals surface area (Å²) in [5, 5.41) is 11.8. The van der Waals surface area contributed by atoms with Gasteiger partial charge in [-0.2, -0.15) is 0 Å². The monoisotopic (exact) mass is 351 g/mol. The fourth-order valence-electron chi connectivity index (χ4n) is 3.21. The van der Waals surface area contributed by atoms with Gasteiger partial charge in [0.25, 0.3) is 5.91 Å². The summed E-state index contributed by atoms with van der Waals surface area (Å²) in [7, 11) is 0. The van der Waals surface area contributed by atoms with Crippen LogP contribution in [0.1, 0.15) is 29.2 Å². The van der Waals surface area contributed by atoms with Gasteiger partial charge in [-0.3, -0.25) is 4.79 Å². The Morgan fingerprint density at radius 3 is 2.65 bits per heavy atom. The molecule has 26 heavy (non-hydrogen) atoms. The Morgan fingerprint density at radius 1 is 1.08 bits per heavy atom. The smallest absolute Gasteiger partial charge is 0.289 e. The zero-order chi connectivity index (χ0) is 17.9. The summed E-state index contributed by atoms with van der Waals surface area (Å²) in [4.78, 5) is 14.2. The highest BCUT2D eigenvalue weighted by Crippen LogP contribution is 2.22. The van der Waals surface area contributed by atoms with Crippen LogP contribution in [0.3, 0.4) is 0 Å². The summed E-state index contributed by atoms with van der Waals surface area (Å²) >= 11 is 0. The molecule has 4 rings (SSSR count). The molecule has 1 aliphatic heterocycles. The van der Waals surface area contributed by atoms with Crippen molar-refractivity contribution in [2.24, 2.45) is 0 Å². The van der Waals surface area contributed by atoms with E-state index in [0.717, 1.165) is 16.5 Å². The lowest BCUT2D eigenvalue weighted by Crippen LogP contribution is -2.39. The quantitative estimate of drug-likeness (QED) is 0.780. The number of hydrogen-bond donors (Lipinski definition) is 1. The maximum atomic E-state index is 12.5. The maximum Gasteiger partial charge on any atom is 0.289 e. The number of piperidine rings is 1. The second kappa shape index (κ2) is 7.22. The molecule has 0 unspecified atom stereocenters. The second-order valence-corrected chi connectivity index (χ2v) is 6.59. The van der Waals surface area contributed by atoms with Gasteiger partial charge in [0.2, 0.25) is 0 Å². The predicted octanol–water partition coefficient (Wildman–Crippen LogP) is 3.61. The molecule has 5 nitrogen and oxygen atoms in total. The van der Waals surface area contributed by atoms with Crippen LogP contribution in [0.5, 0.6) is 5.75 Å². The number of furan rings is 1. The number of aliphatic hydroxyl groups excluding tert-OH is 1. The van der Waals surface area contributed by atoms with Crippen LogP contribution in [-0.2, 0) is 6.61 Å². The minimum absolute atomic E-state index is 0.131. The third-order valence-corrected chi connectivity index (χ3v) is 4.73. The van der Waals surface area contributed by atoms with Gasteiger partial charge in [-0.15, -0.1) is 0 Å². The predicted molar refractivity (Wildman–Crippen MR) is 98.1 cm³/mol. The topological polar surface area (TPSA) is 62.9 Å². The molecule has 1 aromatic heterocycles. The fourth-order valence-corrected chi connectivity index (χ4v) is 3.21. The van der Waals surface area contributed by atoms with Gasteiger partial charge >= 0.3 is 0 Å². The first-order valence-corrected chi connectivity index (χ1v) is 8.87. The van der Waals surface area contributed by atoms with E-state index in [0.29, 0.717) is 37.5 Å². The molecule has 1 amide bonds. The van der Waals surface area contributed by atoms with Crippen molar-refractivity contribution >= 4 is 16.7 Å². The van der Waals surface area contributed by atoms with Crippen LogP contribution in [0.4, 0.5) is 0 Å². The number of amides is 1. The van der Waals surface area contributed by atoms with Crippen LogP contribution in [-0.4, -0.2) is 35.1 Å². The van der Waals surface area contributed by atoms with Gasteiger partial charge in [0.15, 0.2) is 5.76 Å². The molecule has 0 radical (unpaired) electrons. The molecule has 0 spiro atoms. The Kier molecular flexibility index (Phi) is 4.63. The molecule has 2 aromatic carbocycles. The van der Waals surface area contributed by atoms with E-state index in [2.05, 4.69) is 6.07 Å². The minimum atomic E-state index is -0.304. The summed E-state index contributed by atoms with van der Waals surface area (Å²) < 4.78 is 11.5. The van der Waals surface area contributed by atoms with Crippen LogP contribution in [0.2, 0.25) is 0 Å². The van der Waals surface area contributed by atoms with E-state index in [1.165, 1.54) is 0 Å². The van der Waals surface area contributed by atoms with Crippen LogP contribution < -0.4 is 4.74 Å². The summed E-state index contributed by atoms with van der Waals surface area (Å²) in [5.41, 5.74) is 0. The van der Waals surface area contributed by atoms with Crippen LogP contribution >= 0.6 is 0 Å². The van der Waals surface area contributed by atoms with Crippen molar-refractivity contribution in [3.63, 3.8) is 0 Å².